The van der Waals surface area contributed by atoms with Crippen molar-refractivity contribution in [3.63, 3.8) is 0 Å². The minimum atomic E-state index is -2.54. The van der Waals surface area contributed by atoms with E-state index in [9.17, 15) is 4.79 Å². The van der Waals surface area contributed by atoms with Crippen LogP contribution in [0.3, 0.4) is 0 Å². The topological polar surface area (TPSA) is 41.6 Å². The molecular weight excluding hydrogens is 551 g/mol. The average Bonchev–Trinajstić information content (AvgIpc) is 3.38. The second kappa shape index (κ2) is 14.6. The number of nitrogens with zero attached hydrogens (tertiary/aromatic N) is 1. The molecule has 0 saturated carbocycles. The fourth-order valence-corrected chi connectivity index (χ4v) is 22.2. The molecule has 0 radical (unpaired) electrons. The van der Waals surface area contributed by atoms with Crippen LogP contribution < -0.4 is 13.6 Å². The zero-order valence-corrected chi connectivity index (χ0v) is 26.5. The Labute approximate surface area is 224 Å². The van der Waals surface area contributed by atoms with Gasteiger partial charge in [0.15, 0.2) is 0 Å². The first-order valence-corrected chi connectivity index (χ1v) is 22.1. The number of nitrogens with one attached hydrogen (secondary N) is 1. The standard InChI is InChI=1S/C19H23N2O2.3C4H9.Sn/c1-3-21-10-6-9-16(21)13-20-19(22)17-11-14-7-4-5-8-15(14)12-18(17)23-2;3*1-3-4-2;/h5,7-8,11-12,16H,3,6,9-10,13H2,1-2H3,(H,20,22);3*1,3-4H2,2H3;. The van der Waals surface area contributed by atoms with E-state index < -0.39 is 18.4 Å². The van der Waals surface area contributed by atoms with Crippen LogP contribution in [0.4, 0.5) is 0 Å². The first-order chi connectivity index (χ1) is 17.5. The molecule has 0 bridgehead atoms. The van der Waals surface area contributed by atoms with Crippen molar-refractivity contribution >= 4 is 38.6 Å². The zero-order valence-electron chi connectivity index (χ0n) is 23.6. The van der Waals surface area contributed by atoms with Crippen LogP contribution in [-0.2, 0) is 0 Å². The van der Waals surface area contributed by atoms with Gasteiger partial charge in [0.25, 0.3) is 0 Å². The van der Waals surface area contributed by atoms with Gasteiger partial charge in [-0.2, -0.15) is 0 Å². The number of likely N-dealkylation sites (tertiary alicyclic amines) is 1. The van der Waals surface area contributed by atoms with E-state index in [0.29, 0.717) is 23.9 Å². The third-order valence-electron chi connectivity index (χ3n) is 8.45. The Bertz CT molecular complexity index is 955. The van der Waals surface area contributed by atoms with E-state index in [1.807, 2.05) is 0 Å². The normalized spacial score (nSPS) is 16.5. The molecule has 1 heterocycles. The van der Waals surface area contributed by atoms with Crippen LogP contribution in [0.2, 0.25) is 13.3 Å². The first-order valence-electron chi connectivity index (χ1n) is 14.7. The van der Waals surface area contributed by atoms with Crippen LogP contribution in [0.1, 0.15) is 89.4 Å². The number of methoxy groups -OCH3 is 1. The van der Waals surface area contributed by atoms with Crippen LogP contribution in [0, 0.1) is 0 Å². The van der Waals surface area contributed by atoms with E-state index in [2.05, 4.69) is 68.2 Å². The molecule has 1 aliphatic rings. The van der Waals surface area contributed by atoms with Crippen molar-refractivity contribution in [3.05, 3.63) is 35.9 Å². The number of carbonyl (C=O) groups is 1. The molecule has 2 aromatic carbocycles. The molecule has 1 saturated heterocycles. The van der Waals surface area contributed by atoms with Gasteiger partial charge in [-0.1, -0.05) is 0 Å². The summed E-state index contributed by atoms with van der Waals surface area (Å²) in [4.78, 5) is 15.8. The van der Waals surface area contributed by atoms with Crippen LogP contribution in [0.5, 0.6) is 5.75 Å². The number of carbonyl (C=O) groups excluding carboxylic acids is 1. The van der Waals surface area contributed by atoms with Crippen molar-refractivity contribution in [1.82, 2.24) is 10.2 Å². The van der Waals surface area contributed by atoms with Crippen LogP contribution in [0.15, 0.2) is 30.3 Å². The van der Waals surface area contributed by atoms with E-state index in [4.69, 9.17) is 4.74 Å². The van der Waals surface area contributed by atoms with Crippen molar-refractivity contribution in [2.75, 3.05) is 26.7 Å². The van der Waals surface area contributed by atoms with Crippen molar-refractivity contribution in [1.29, 1.82) is 0 Å². The molecule has 1 atom stereocenters. The zero-order chi connectivity index (χ0) is 26.0. The molecule has 4 nitrogen and oxygen atoms in total. The molecule has 1 N–H and O–H groups in total. The SMILES string of the molecule is CCC[CH2][Sn]([CH2]CCC)([CH2]CCC)[c]1ccc2cc(OC)c(C(=O)NCC3CCCN3CC)cc2c1. The van der Waals surface area contributed by atoms with Gasteiger partial charge in [-0.15, -0.1) is 0 Å². The first kappa shape index (κ1) is 29.3. The average molecular weight is 601 g/mol. The quantitative estimate of drug-likeness (QED) is 0.221. The number of ether oxygens (including phenoxy) is 1. The Kier molecular flexibility index (Phi) is 11.9. The molecule has 1 fully saturated rings. The van der Waals surface area contributed by atoms with Gasteiger partial charge in [0.1, 0.15) is 0 Å². The third-order valence-corrected chi connectivity index (χ3v) is 24.1. The Morgan fingerprint density at radius 3 is 2.22 bits per heavy atom. The summed E-state index contributed by atoms with van der Waals surface area (Å²) < 4.78 is 11.7. The third kappa shape index (κ3) is 7.18. The molecule has 3 rings (SSSR count). The van der Waals surface area contributed by atoms with Gasteiger partial charge in [-0.05, 0) is 0 Å². The summed E-state index contributed by atoms with van der Waals surface area (Å²) in [5.41, 5.74) is 0.666. The monoisotopic (exact) mass is 602 g/mol. The van der Waals surface area contributed by atoms with Gasteiger partial charge >= 0.3 is 225 Å². The van der Waals surface area contributed by atoms with Gasteiger partial charge < -0.3 is 0 Å². The molecule has 5 heteroatoms. The Morgan fingerprint density at radius 2 is 1.64 bits per heavy atom. The summed E-state index contributed by atoms with van der Waals surface area (Å²) in [5, 5.41) is 5.59. The van der Waals surface area contributed by atoms with E-state index in [1.165, 1.54) is 69.0 Å². The van der Waals surface area contributed by atoms with Crippen molar-refractivity contribution < 1.29 is 9.53 Å². The molecule has 2 aromatic rings. The fraction of sp³-hybridized carbons (Fsp3) is 0.645. The van der Waals surface area contributed by atoms with Crippen molar-refractivity contribution in [2.24, 2.45) is 0 Å². The number of rotatable bonds is 15. The summed E-state index contributed by atoms with van der Waals surface area (Å²) in [7, 11) is 1.67. The van der Waals surface area contributed by atoms with E-state index in [1.54, 1.807) is 10.7 Å². The van der Waals surface area contributed by atoms with E-state index in [0.717, 1.165) is 19.5 Å². The molecule has 0 spiro atoms. The van der Waals surface area contributed by atoms with Gasteiger partial charge in [0.2, 0.25) is 0 Å². The van der Waals surface area contributed by atoms with Crippen molar-refractivity contribution in [2.45, 2.75) is 98.4 Å². The summed E-state index contributed by atoms with van der Waals surface area (Å²) in [6.45, 7) is 12.1. The molecule has 1 unspecified atom stereocenters. The Balaban J connectivity index is 1.94. The molecule has 0 aliphatic carbocycles. The summed E-state index contributed by atoms with van der Waals surface area (Å²) >= 11 is -2.54. The second-order valence-electron chi connectivity index (χ2n) is 10.8. The molecule has 1 amide bonds. The van der Waals surface area contributed by atoms with Gasteiger partial charge in [0.05, 0.1) is 0 Å². The van der Waals surface area contributed by atoms with E-state index >= 15 is 0 Å². The van der Waals surface area contributed by atoms with Crippen LogP contribution >= 0.6 is 0 Å². The maximum absolute atomic E-state index is 13.3. The van der Waals surface area contributed by atoms with Gasteiger partial charge in [0, 0.05) is 0 Å². The molecule has 0 aromatic heterocycles. The minimum absolute atomic E-state index is 0.0140. The fourth-order valence-electron chi connectivity index (χ4n) is 6.15. The van der Waals surface area contributed by atoms with Crippen LogP contribution in [-0.4, -0.2) is 62.0 Å². The number of likely N-dealkylation sites (N-methyl/N-ethyl adjacent to an activating group) is 1. The van der Waals surface area contributed by atoms with Crippen molar-refractivity contribution in [3.8, 4) is 5.75 Å². The summed E-state index contributed by atoms with van der Waals surface area (Å²) in [5.74, 6) is 0.657. The second-order valence-corrected chi connectivity index (χ2v) is 24.1. The van der Waals surface area contributed by atoms with Gasteiger partial charge in [-0.3, -0.25) is 0 Å². The molecular formula is C31H50N2O2Sn. The number of hydrogen-bond donors (Lipinski definition) is 1. The number of amides is 1. The number of benzene rings is 2. The van der Waals surface area contributed by atoms with Gasteiger partial charge in [-0.25, -0.2) is 0 Å². The Morgan fingerprint density at radius 1 is 0.972 bits per heavy atom. The van der Waals surface area contributed by atoms with Crippen LogP contribution in [0.25, 0.3) is 10.8 Å². The maximum atomic E-state index is 13.3. The number of unbranched alkanes of at least 4 members (excludes halogenated alkanes) is 3. The Hall–Kier alpha value is -1.27. The predicted octanol–water partition coefficient (Wildman–Crippen LogP) is 7.12. The number of hydrogen-bond acceptors (Lipinski definition) is 3. The molecule has 1 aliphatic heterocycles. The molecule has 200 valence electrons. The number of fused-ring (bicyclic) bond motifs is 1. The predicted molar refractivity (Wildman–Crippen MR) is 158 cm³/mol. The summed E-state index contributed by atoms with van der Waals surface area (Å²) in [6, 6.07) is 11.8. The summed E-state index contributed by atoms with van der Waals surface area (Å²) in [6.07, 6.45) is 10.3. The van der Waals surface area contributed by atoms with E-state index in [-0.39, 0.29) is 5.91 Å². The molecule has 36 heavy (non-hydrogen) atoms.